The van der Waals surface area contributed by atoms with Gasteiger partial charge in [0.25, 0.3) is 0 Å². The minimum Gasteiger partial charge on any atom is -0.457 e. The van der Waals surface area contributed by atoms with E-state index >= 15 is 0 Å². The van der Waals surface area contributed by atoms with Crippen LogP contribution in [0.25, 0.3) is 0 Å². The van der Waals surface area contributed by atoms with Crippen LogP contribution in [0.3, 0.4) is 0 Å². The molecular weight excluding hydrogens is 256 g/mol. The summed E-state index contributed by atoms with van der Waals surface area (Å²) in [4.78, 5) is 23.0. The lowest BCUT2D eigenvalue weighted by Crippen LogP contribution is -2.26. The average Bonchev–Trinajstić information content (AvgIpc) is 2.46. The maximum atomic E-state index is 11.6. The van der Waals surface area contributed by atoms with Gasteiger partial charge in [0.15, 0.2) is 0 Å². The summed E-state index contributed by atoms with van der Waals surface area (Å²) in [5.74, 6) is -1.05. The quantitative estimate of drug-likeness (QED) is 0.347. The normalized spacial score (nSPS) is 12.2. The Balaban J connectivity index is 4.07. The van der Waals surface area contributed by atoms with Gasteiger partial charge in [0, 0.05) is 0 Å². The Hall–Kier alpha value is -1.06. The van der Waals surface area contributed by atoms with E-state index in [1.54, 1.807) is 0 Å². The number of hydrogen-bond donors (Lipinski definition) is 0. The number of unbranched alkanes of at least 4 members (excludes halogenated alkanes) is 1. The van der Waals surface area contributed by atoms with Gasteiger partial charge in [0.2, 0.25) is 0 Å². The molecule has 118 valence electrons. The van der Waals surface area contributed by atoms with Crippen molar-refractivity contribution in [3.63, 3.8) is 0 Å². The summed E-state index contributed by atoms with van der Waals surface area (Å²) in [6.45, 7) is 8.60. The van der Waals surface area contributed by atoms with E-state index in [-0.39, 0.29) is 12.7 Å². The van der Waals surface area contributed by atoms with E-state index in [9.17, 15) is 9.59 Å². The fraction of sp³-hybridized carbons (Fsp3) is 0.875. The fourth-order valence-corrected chi connectivity index (χ4v) is 2.03. The minimum absolute atomic E-state index is 0.179. The van der Waals surface area contributed by atoms with Crippen LogP contribution in [0.15, 0.2) is 0 Å². The second-order valence-corrected chi connectivity index (χ2v) is 5.18. The van der Waals surface area contributed by atoms with E-state index in [1.165, 1.54) is 0 Å². The molecule has 0 spiro atoms. The highest BCUT2D eigenvalue weighted by Crippen LogP contribution is 2.18. The molecule has 0 aromatic heterocycles. The summed E-state index contributed by atoms with van der Waals surface area (Å²) in [6, 6.07) is 0. The molecule has 0 aliphatic heterocycles. The van der Waals surface area contributed by atoms with Crippen molar-refractivity contribution in [3.8, 4) is 0 Å². The van der Waals surface area contributed by atoms with E-state index in [4.69, 9.17) is 9.47 Å². The van der Waals surface area contributed by atoms with Gasteiger partial charge in [-0.25, -0.2) is 9.59 Å². The first kappa shape index (κ1) is 18.9. The number of carbonyl (C=O) groups is 2. The SMILES string of the molecule is CCCCOC(=O)C(=O)OC(CC)CCC(CC)CC. The number of hydrogen-bond acceptors (Lipinski definition) is 4. The molecule has 0 bridgehead atoms. The zero-order valence-electron chi connectivity index (χ0n) is 13.4. The maximum Gasteiger partial charge on any atom is 0.417 e. The topological polar surface area (TPSA) is 52.6 Å². The fourth-order valence-electron chi connectivity index (χ4n) is 2.03. The Bertz CT molecular complexity index is 272. The molecule has 4 heteroatoms. The predicted octanol–water partition coefficient (Wildman–Crippen LogP) is 3.87. The maximum absolute atomic E-state index is 11.6. The molecule has 0 radical (unpaired) electrons. The first-order valence-corrected chi connectivity index (χ1v) is 7.96. The van der Waals surface area contributed by atoms with Gasteiger partial charge in [-0.15, -0.1) is 0 Å². The van der Waals surface area contributed by atoms with Crippen LogP contribution in [-0.2, 0) is 19.1 Å². The lowest BCUT2D eigenvalue weighted by molar-refractivity contribution is -0.171. The molecule has 0 aromatic carbocycles. The van der Waals surface area contributed by atoms with Crippen LogP contribution in [0.5, 0.6) is 0 Å². The van der Waals surface area contributed by atoms with Crippen molar-refractivity contribution in [3.05, 3.63) is 0 Å². The summed E-state index contributed by atoms with van der Waals surface area (Å²) in [5, 5.41) is 0. The first-order chi connectivity index (χ1) is 9.58. The number of rotatable bonds is 10. The molecule has 0 N–H and O–H groups in total. The van der Waals surface area contributed by atoms with E-state index in [0.29, 0.717) is 5.92 Å². The molecule has 0 rings (SSSR count). The molecule has 1 unspecified atom stereocenters. The van der Waals surface area contributed by atoms with Gasteiger partial charge in [-0.3, -0.25) is 0 Å². The average molecular weight is 286 g/mol. The number of ether oxygens (including phenoxy) is 2. The Labute approximate surface area is 123 Å². The van der Waals surface area contributed by atoms with Gasteiger partial charge < -0.3 is 9.47 Å². The zero-order chi connectivity index (χ0) is 15.4. The number of carbonyl (C=O) groups excluding carboxylic acids is 2. The van der Waals surface area contributed by atoms with Crippen molar-refractivity contribution in [2.24, 2.45) is 5.92 Å². The highest BCUT2D eigenvalue weighted by atomic mass is 16.6. The zero-order valence-corrected chi connectivity index (χ0v) is 13.4. The van der Waals surface area contributed by atoms with Crippen molar-refractivity contribution in [1.82, 2.24) is 0 Å². The predicted molar refractivity (Wildman–Crippen MR) is 79.3 cm³/mol. The molecule has 1 atom stereocenters. The van der Waals surface area contributed by atoms with Gasteiger partial charge in [-0.1, -0.05) is 47.0 Å². The van der Waals surface area contributed by atoms with Crippen molar-refractivity contribution < 1.29 is 19.1 Å². The first-order valence-electron chi connectivity index (χ1n) is 7.96. The standard InChI is InChI=1S/C16H30O4/c1-5-9-12-19-15(17)16(18)20-14(8-4)11-10-13(6-2)7-3/h13-14H,5-12H2,1-4H3. The van der Waals surface area contributed by atoms with Crippen molar-refractivity contribution in [2.75, 3.05) is 6.61 Å². The molecule has 0 aromatic rings. The lowest BCUT2D eigenvalue weighted by Gasteiger charge is -2.18. The molecule has 0 fully saturated rings. The number of esters is 2. The van der Waals surface area contributed by atoms with E-state index in [2.05, 4.69) is 13.8 Å². The smallest absolute Gasteiger partial charge is 0.417 e. The van der Waals surface area contributed by atoms with Crippen molar-refractivity contribution >= 4 is 11.9 Å². The molecule has 0 saturated carbocycles. The van der Waals surface area contributed by atoms with Gasteiger partial charge in [0.05, 0.1) is 6.61 Å². The van der Waals surface area contributed by atoms with Crippen LogP contribution in [0.1, 0.15) is 72.6 Å². The Morgan fingerprint density at radius 2 is 1.55 bits per heavy atom. The van der Waals surface area contributed by atoms with Gasteiger partial charge in [0.1, 0.15) is 6.10 Å². The molecule has 0 aliphatic carbocycles. The third kappa shape index (κ3) is 8.18. The summed E-state index contributed by atoms with van der Waals surface area (Å²) >= 11 is 0. The minimum atomic E-state index is -0.862. The molecule has 0 aliphatic rings. The van der Waals surface area contributed by atoms with Gasteiger partial charge >= 0.3 is 11.9 Å². The van der Waals surface area contributed by atoms with E-state index in [0.717, 1.165) is 44.9 Å². The summed E-state index contributed by atoms with van der Waals surface area (Å²) < 4.78 is 10.1. The highest BCUT2D eigenvalue weighted by molar-refractivity contribution is 6.29. The highest BCUT2D eigenvalue weighted by Gasteiger charge is 2.21. The largest absolute Gasteiger partial charge is 0.457 e. The molecule has 0 amide bonds. The van der Waals surface area contributed by atoms with Crippen molar-refractivity contribution in [2.45, 2.75) is 78.7 Å². The molecule has 4 nitrogen and oxygen atoms in total. The third-order valence-electron chi connectivity index (χ3n) is 3.68. The molecule has 20 heavy (non-hydrogen) atoms. The van der Waals surface area contributed by atoms with Gasteiger partial charge in [-0.2, -0.15) is 0 Å². The molecule has 0 heterocycles. The Kier molecular flexibility index (Phi) is 11.1. The van der Waals surface area contributed by atoms with Crippen LogP contribution in [0.4, 0.5) is 0 Å². The summed E-state index contributed by atoms with van der Waals surface area (Å²) in [7, 11) is 0. The van der Waals surface area contributed by atoms with E-state index < -0.39 is 11.9 Å². The van der Waals surface area contributed by atoms with Crippen LogP contribution >= 0.6 is 0 Å². The second-order valence-electron chi connectivity index (χ2n) is 5.18. The van der Waals surface area contributed by atoms with Crippen LogP contribution in [0, 0.1) is 5.92 Å². The summed E-state index contributed by atoms with van der Waals surface area (Å²) in [6.07, 6.45) is 6.37. The van der Waals surface area contributed by atoms with Crippen LogP contribution in [-0.4, -0.2) is 24.6 Å². The third-order valence-corrected chi connectivity index (χ3v) is 3.68. The molecule has 0 saturated heterocycles. The van der Waals surface area contributed by atoms with Gasteiger partial charge in [-0.05, 0) is 31.6 Å². The molecular formula is C16H30O4. The lowest BCUT2D eigenvalue weighted by atomic mass is 9.95. The Morgan fingerprint density at radius 1 is 0.900 bits per heavy atom. The van der Waals surface area contributed by atoms with Crippen molar-refractivity contribution in [1.29, 1.82) is 0 Å². The van der Waals surface area contributed by atoms with Crippen LogP contribution < -0.4 is 0 Å². The summed E-state index contributed by atoms with van der Waals surface area (Å²) in [5.41, 5.74) is 0. The van der Waals surface area contributed by atoms with Crippen LogP contribution in [0.2, 0.25) is 0 Å². The van der Waals surface area contributed by atoms with E-state index in [1.807, 2.05) is 13.8 Å². The monoisotopic (exact) mass is 286 g/mol. The second kappa shape index (κ2) is 11.7. The Morgan fingerprint density at radius 3 is 2.05 bits per heavy atom.